The Balaban J connectivity index is 1.48. The van der Waals surface area contributed by atoms with E-state index in [1.54, 1.807) is 0 Å². The molecule has 1 aliphatic heterocycles. The highest BCUT2D eigenvalue weighted by Crippen LogP contribution is 2.35. The number of thiazole rings is 1. The number of rotatable bonds is 4. The molecule has 1 amide bonds. The smallest absolute Gasteiger partial charge is 0.266 e. The molecule has 0 bridgehead atoms. The van der Waals surface area contributed by atoms with Crippen LogP contribution in [-0.2, 0) is 13.0 Å². The van der Waals surface area contributed by atoms with Crippen molar-refractivity contribution < 1.29 is 4.79 Å². The minimum atomic E-state index is -0.0819. The highest BCUT2D eigenvalue weighted by molar-refractivity contribution is 7.13. The largest absolute Gasteiger partial charge is 0.348 e. The minimum Gasteiger partial charge on any atom is -0.348 e. The Morgan fingerprint density at radius 1 is 1.00 bits per heavy atom. The molecule has 0 fully saturated rings. The van der Waals surface area contributed by atoms with Gasteiger partial charge >= 0.3 is 0 Å². The van der Waals surface area contributed by atoms with Gasteiger partial charge in [0.25, 0.3) is 5.91 Å². The van der Waals surface area contributed by atoms with Gasteiger partial charge in [-0.05, 0) is 30.2 Å². The van der Waals surface area contributed by atoms with Crippen LogP contribution in [-0.4, -0.2) is 26.9 Å². The number of fused-ring (bicyclic) bond motifs is 1. The van der Waals surface area contributed by atoms with Crippen molar-refractivity contribution in [3.8, 4) is 0 Å². The van der Waals surface area contributed by atoms with E-state index in [0.29, 0.717) is 6.54 Å². The average Bonchev–Trinajstić information content (AvgIpc) is 3.40. The van der Waals surface area contributed by atoms with Gasteiger partial charge in [0.2, 0.25) is 0 Å². The fraction of sp³-hybridized carbons (Fsp3) is 0.200. The Kier molecular flexibility index (Phi) is 4.97. The maximum Gasteiger partial charge on any atom is 0.266 e. The van der Waals surface area contributed by atoms with Gasteiger partial charge in [-0.15, -0.1) is 11.3 Å². The van der Waals surface area contributed by atoms with Crippen LogP contribution in [0.4, 0.5) is 0 Å². The molecule has 5 rings (SSSR count). The Labute approximate surface area is 180 Å². The van der Waals surface area contributed by atoms with Gasteiger partial charge in [-0.2, -0.15) is 0 Å². The molecule has 0 aliphatic carbocycles. The number of aryl methyl sites for hydroxylation is 1. The van der Waals surface area contributed by atoms with Crippen LogP contribution in [0.25, 0.3) is 0 Å². The first-order valence-corrected chi connectivity index (χ1v) is 11.0. The lowest BCUT2D eigenvalue weighted by molar-refractivity contribution is 0.0668. The molecule has 0 saturated heterocycles. The average molecular weight is 414 g/mol. The van der Waals surface area contributed by atoms with E-state index in [1.165, 1.54) is 16.9 Å². The molecule has 0 saturated carbocycles. The maximum absolute atomic E-state index is 13.7. The summed E-state index contributed by atoms with van der Waals surface area (Å²) < 4.78 is 2.25. The molecule has 4 nitrogen and oxygen atoms in total. The van der Waals surface area contributed by atoms with Gasteiger partial charge < -0.3 is 9.47 Å². The molecule has 150 valence electrons. The second kappa shape index (κ2) is 7.92. The summed E-state index contributed by atoms with van der Waals surface area (Å²) in [5.41, 5.74) is 4.33. The zero-order valence-corrected chi connectivity index (χ0v) is 17.7. The van der Waals surface area contributed by atoms with Crippen molar-refractivity contribution in [3.63, 3.8) is 0 Å². The second-order valence-corrected chi connectivity index (χ2v) is 8.71. The van der Waals surface area contributed by atoms with E-state index >= 15 is 0 Å². The lowest BCUT2D eigenvalue weighted by Gasteiger charge is -2.37. The zero-order chi connectivity index (χ0) is 20.5. The number of benzene rings is 2. The molecule has 30 heavy (non-hydrogen) atoms. The summed E-state index contributed by atoms with van der Waals surface area (Å²) in [4.78, 5) is 21.2. The van der Waals surface area contributed by atoms with Gasteiger partial charge in [-0.25, -0.2) is 4.98 Å². The van der Waals surface area contributed by atoms with Crippen LogP contribution in [0.3, 0.4) is 0 Å². The van der Waals surface area contributed by atoms with Gasteiger partial charge in [0, 0.05) is 31.4 Å². The Bertz CT molecular complexity index is 1160. The van der Waals surface area contributed by atoms with Crippen LogP contribution in [0.15, 0.2) is 79.0 Å². The highest BCUT2D eigenvalue weighted by atomic mass is 32.1. The van der Waals surface area contributed by atoms with Crippen LogP contribution in [0.5, 0.6) is 0 Å². The van der Waals surface area contributed by atoms with E-state index in [2.05, 4.69) is 47.2 Å². The topological polar surface area (TPSA) is 38.1 Å². The van der Waals surface area contributed by atoms with Gasteiger partial charge in [0.05, 0.1) is 16.7 Å². The lowest BCUT2D eigenvalue weighted by atomic mass is 9.99. The number of hydrogen-bond acceptors (Lipinski definition) is 3. The molecule has 1 aliphatic rings. The van der Waals surface area contributed by atoms with E-state index in [0.717, 1.165) is 39.8 Å². The second-order valence-electron chi connectivity index (χ2n) is 7.62. The molecule has 2 aromatic heterocycles. The molecule has 0 spiro atoms. The number of hydrogen-bond donors (Lipinski definition) is 0. The van der Waals surface area contributed by atoms with Gasteiger partial charge in [0.15, 0.2) is 0 Å². The van der Waals surface area contributed by atoms with Crippen molar-refractivity contribution in [2.24, 2.45) is 0 Å². The minimum absolute atomic E-state index is 0.0746. The Morgan fingerprint density at radius 3 is 2.50 bits per heavy atom. The fourth-order valence-corrected chi connectivity index (χ4v) is 5.27. The molecule has 1 atom stereocenters. The molecule has 4 aromatic rings. The highest BCUT2D eigenvalue weighted by Gasteiger charge is 2.34. The molecular formula is C25H23N3OS. The Hall–Kier alpha value is -3.18. The number of aromatic nitrogens is 2. The maximum atomic E-state index is 13.7. The fourth-order valence-electron chi connectivity index (χ4n) is 4.22. The normalized spacial score (nSPS) is 15.8. The number of carbonyl (C=O) groups is 1. The first-order chi connectivity index (χ1) is 14.7. The molecule has 1 unspecified atom stereocenters. The predicted molar refractivity (Wildman–Crippen MR) is 120 cm³/mol. The molecular weight excluding hydrogens is 390 g/mol. The molecule has 3 heterocycles. The third kappa shape index (κ3) is 3.46. The number of amides is 1. The number of nitrogens with zero attached hydrogens (tertiary/aromatic N) is 3. The summed E-state index contributed by atoms with van der Waals surface area (Å²) in [6.45, 7) is 3.44. The molecule has 5 heteroatoms. The van der Waals surface area contributed by atoms with Crippen LogP contribution in [0, 0.1) is 6.92 Å². The van der Waals surface area contributed by atoms with E-state index in [1.807, 2.05) is 48.2 Å². The molecule has 0 N–H and O–H groups in total. The van der Waals surface area contributed by atoms with E-state index < -0.39 is 0 Å². The van der Waals surface area contributed by atoms with Crippen LogP contribution in [0.2, 0.25) is 0 Å². The van der Waals surface area contributed by atoms with Crippen molar-refractivity contribution >= 4 is 17.2 Å². The summed E-state index contributed by atoms with van der Waals surface area (Å²) in [6.07, 6.45) is 2.85. The quantitative estimate of drug-likeness (QED) is 0.467. The van der Waals surface area contributed by atoms with Crippen molar-refractivity contribution in [2.45, 2.75) is 25.9 Å². The summed E-state index contributed by atoms with van der Waals surface area (Å²) in [7, 11) is 0. The number of carbonyl (C=O) groups excluding carboxylic acids is 1. The summed E-state index contributed by atoms with van der Waals surface area (Å²) in [5, 5.41) is 0.985. The molecule has 0 radical (unpaired) electrons. The Morgan fingerprint density at radius 2 is 1.73 bits per heavy atom. The van der Waals surface area contributed by atoms with Gasteiger partial charge in [-0.3, -0.25) is 4.79 Å². The monoisotopic (exact) mass is 413 g/mol. The third-order valence-corrected chi connectivity index (χ3v) is 6.79. The van der Waals surface area contributed by atoms with E-state index in [9.17, 15) is 4.79 Å². The van der Waals surface area contributed by atoms with Crippen molar-refractivity contribution in [2.75, 3.05) is 6.54 Å². The SMILES string of the molecule is Cc1nc(Cc2ccccc2)sc1C(=O)N1CCn2cccc2C1c1ccccc1. The summed E-state index contributed by atoms with van der Waals surface area (Å²) >= 11 is 1.53. The van der Waals surface area contributed by atoms with Gasteiger partial charge in [-0.1, -0.05) is 60.7 Å². The summed E-state index contributed by atoms with van der Waals surface area (Å²) in [5.74, 6) is 0.0746. The third-order valence-electron chi connectivity index (χ3n) is 5.65. The predicted octanol–water partition coefficient (Wildman–Crippen LogP) is 5.09. The van der Waals surface area contributed by atoms with Crippen molar-refractivity contribution in [3.05, 3.63) is 111 Å². The molecule has 2 aromatic carbocycles. The van der Waals surface area contributed by atoms with E-state index in [4.69, 9.17) is 4.98 Å². The van der Waals surface area contributed by atoms with Crippen LogP contribution < -0.4 is 0 Å². The first kappa shape index (κ1) is 18.8. The van der Waals surface area contributed by atoms with Crippen LogP contribution in [0.1, 0.15) is 43.2 Å². The summed E-state index contributed by atoms with van der Waals surface area (Å²) in [6, 6.07) is 24.7. The van der Waals surface area contributed by atoms with Crippen LogP contribution >= 0.6 is 11.3 Å². The standard InChI is InChI=1S/C25H23N3OS/c1-18-24(30-22(26-18)17-19-9-4-2-5-10-19)25(29)28-16-15-27-14-8-13-21(27)23(28)20-11-6-3-7-12-20/h2-14,23H,15-17H2,1H3. The van der Waals surface area contributed by atoms with E-state index in [-0.39, 0.29) is 11.9 Å². The van der Waals surface area contributed by atoms with Crippen molar-refractivity contribution in [1.82, 2.24) is 14.5 Å². The lowest BCUT2D eigenvalue weighted by Crippen LogP contribution is -2.42. The zero-order valence-electron chi connectivity index (χ0n) is 16.9. The first-order valence-electron chi connectivity index (χ1n) is 10.2. The van der Waals surface area contributed by atoms with Crippen molar-refractivity contribution in [1.29, 1.82) is 0 Å². The van der Waals surface area contributed by atoms with Gasteiger partial charge in [0.1, 0.15) is 4.88 Å².